The van der Waals surface area contributed by atoms with Crippen molar-refractivity contribution < 1.29 is 77.9 Å². The summed E-state index contributed by atoms with van der Waals surface area (Å²) in [5, 5.41) is 19.4. The molecule has 10 nitrogen and oxygen atoms in total. The molecular formula is C100H103Br2Cl3LiMgN8NiO2P2Zn-. The second-order valence-electron chi connectivity index (χ2n) is 26.3. The van der Waals surface area contributed by atoms with Gasteiger partial charge < -0.3 is 40.1 Å². The van der Waals surface area contributed by atoms with Crippen LogP contribution in [-0.2, 0) is 50.6 Å². The molecule has 0 spiro atoms. The topological polar surface area (TPSA) is 140 Å². The summed E-state index contributed by atoms with van der Waals surface area (Å²) in [6, 6.07) is 105. The van der Waals surface area contributed by atoms with E-state index in [9.17, 15) is 9.90 Å². The molecule has 0 saturated carbocycles. The summed E-state index contributed by atoms with van der Waals surface area (Å²) >= 11 is 8.14. The first kappa shape index (κ1) is 111. The fourth-order valence-electron chi connectivity index (χ4n) is 10.8. The molecule has 0 bridgehead atoms. The number of aromatic nitrogens is 8. The smallest absolute Gasteiger partial charge is 0.0622 e. The quantitative estimate of drug-likeness (QED) is 0.0484. The monoisotopic (exact) mass is 1930 g/mol. The van der Waals surface area contributed by atoms with Crippen LogP contribution in [0.4, 0.5) is 0 Å². The van der Waals surface area contributed by atoms with Crippen LogP contribution in [0.3, 0.4) is 0 Å². The van der Waals surface area contributed by atoms with Gasteiger partial charge in [-0.15, -0.1) is 12.1 Å². The van der Waals surface area contributed by atoms with Crippen LogP contribution in [0.15, 0.2) is 383 Å². The zero-order valence-electron chi connectivity index (χ0n) is 70.7. The molecule has 4 aromatic heterocycles. The molecule has 21 heteroatoms. The third-order valence-corrected chi connectivity index (χ3v) is 22.2. The van der Waals surface area contributed by atoms with Gasteiger partial charge in [-0.2, -0.15) is 38.5 Å². The van der Waals surface area contributed by atoms with Crippen molar-refractivity contribution in [3.05, 3.63) is 475 Å². The Hall–Kier alpha value is -7.59. The predicted octanol–water partition coefficient (Wildman–Crippen LogP) is 17.2. The van der Waals surface area contributed by atoms with Crippen LogP contribution in [0, 0.1) is 60.3 Å². The number of carbonyl (C=O) groups excluding carboxylic acids is 1. The Balaban J connectivity index is 0.000000691. The second-order valence-corrected chi connectivity index (χ2v) is 33.3. The van der Waals surface area contributed by atoms with Gasteiger partial charge in [-0.05, 0) is 133 Å². The summed E-state index contributed by atoms with van der Waals surface area (Å²) < 4.78 is 0.912. The number of hydrogen-bond donors (Lipinski definition) is 1. The number of carbonyl (C=O) groups is 1. The maximum Gasteiger partial charge on any atom is 2.00 e. The Labute approximate surface area is 802 Å². The Morgan fingerprint density at radius 2 is 0.669 bits per heavy atom. The fraction of sp³-hybridized carbons (Fsp3) is 0.140. The maximum atomic E-state index is 11.9. The van der Waals surface area contributed by atoms with Crippen molar-refractivity contribution in [1.82, 2.24) is 39.9 Å². The van der Waals surface area contributed by atoms with E-state index in [1.165, 1.54) is 96.6 Å². The molecule has 0 aliphatic heterocycles. The van der Waals surface area contributed by atoms with Crippen LogP contribution in [0.5, 0.6) is 0 Å². The van der Waals surface area contributed by atoms with Crippen molar-refractivity contribution in [3.8, 4) is 0 Å². The first-order chi connectivity index (χ1) is 56.9. The Morgan fingerprint density at radius 1 is 0.413 bits per heavy atom. The van der Waals surface area contributed by atoms with Crippen molar-refractivity contribution in [2.24, 2.45) is 5.92 Å². The summed E-state index contributed by atoms with van der Waals surface area (Å²) in [6.45, 7) is 24.2. The minimum absolute atomic E-state index is 0. The molecule has 1 N–H and O–H groups in total. The first-order valence-corrected chi connectivity index (χ1v) is 44.4. The van der Waals surface area contributed by atoms with Gasteiger partial charge in [0.15, 0.2) is 5.78 Å². The summed E-state index contributed by atoms with van der Waals surface area (Å²) in [5.74, 6) is -0.0122. The standard InChI is InChI=1S/2C18H15P.C15H18N2O.C12H10N2O.C12H12N2.C9H12.C8H9.C4H3BrN2.C3H7.CH2Cl.BrH.2ClH.Li.Mg.Ni.Zn/c2*1-4-10-16(11-5-1)19(17-12-6-2-7-13-17)18-14-8-3-9-15-18;1-11(2)15(18,14-8-16-10-17-9-14)13-6-4-12(3)5-7-13;1-9-2-4-10(5-3-9)12(15)11-6-13-8-14-7-11;1-10-2-4-11(5-3-10)6-12-7-13-9-14-8-12;1-3-9-6-4-8(2)5-7-9;1-7-3-5-8(2)6-4-7;5-4-1-6-3-7-2-4;1-3-2;1-2;;;;;;;/h2*1-15H;4-11,18H,1-3H3;2-8H,1H3;2-5,7-9H,6H2,1H3;4-7H,3H2,1-2H3;3-6H,1H2,2H3;1-3H;3H,1-2H3;1H2;3*1H;;;;/q;;;;;;-1;;2*-1;;;;+1;2*+2;/p-3. The molecule has 0 aliphatic rings. The normalized spacial score (nSPS) is 10.1. The van der Waals surface area contributed by atoms with Gasteiger partial charge >= 0.3 is 75.0 Å². The number of hydrogen-bond acceptors (Lipinski definition) is 10. The SMILES string of the molecule is Brc1cncnc1.CCc1ccc(C)cc1.C[CH-]C.Cc1ccc(C(=O)c2cncnc2)cc1.Cc1ccc(C(O)(c2cncnc2)C(C)C)cc1.Cc1ccc(Cc2cncnc2)cc1.[Br-].[CH2-]Cl.[CH2-]c1ccc(C)cc1.[Cl][Ni][Cl].[Li+].[Mg+2].[Zn].c1ccc(P(c2ccccc2)c2ccccc2)cc1.c1ccc(P(c2ccccc2)c2ccccc2)cc1. The maximum absolute atomic E-state index is 11.9. The molecule has 0 fully saturated rings. The molecule has 1 unspecified atom stereocenters. The fourth-order valence-corrected chi connectivity index (χ4v) is 15.7. The van der Waals surface area contributed by atoms with Crippen molar-refractivity contribution in [2.75, 3.05) is 0 Å². The Bertz CT molecular complexity index is 4700. The summed E-state index contributed by atoms with van der Waals surface area (Å²) in [4.78, 5) is 42.9. The van der Waals surface area contributed by atoms with Gasteiger partial charge in [0, 0.05) is 86.6 Å². The summed E-state index contributed by atoms with van der Waals surface area (Å²) in [7, 11) is 8.51. The number of nitrogens with zero attached hydrogens (tertiary/aromatic N) is 8. The molecule has 15 rings (SSSR count). The molecule has 0 amide bonds. The molecule has 0 aliphatic carbocycles. The van der Waals surface area contributed by atoms with Gasteiger partial charge in [0.05, 0.1) is 10.0 Å². The minimum Gasteiger partial charge on any atom is -0.0622 e. The van der Waals surface area contributed by atoms with E-state index in [-0.39, 0.29) is 90.1 Å². The van der Waals surface area contributed by atoms with E-state index >= 15 is 0 Å². The average Bonchev–Trinajstić information content (AvgIpc) is 0.780. The van der Waals surface area contributed by atoms with E-state index in [2.05, 4.69) is 351 Å². The summed E-state index contributed by atoms with van der Waals surface area (Å²) in [6.07, 6.45) is 26.2. The van der Waals surface area contributed by atoms with Crippen LogP contribution in [-0.4, -0.2) is 73.8 Å². The van der Waals surface area contributed by atoms with Gasteiger partial charge in [-0.3, -0.25) is 11.2 Å². The van der Waals surface area contributed by atoms with E-state index in [1.54, 1.807) is 31.1 Å². The van der Waals surface area contributed by atoms with Gasteiger partial charge in [0.2, 0.25) is 0 Å². The zero-order valence-corrected chi connectivity index (χ0v) is 83.3. The van der Waals surface area contributed by atoms with Crippen molar-refractivity contribution in [1.29, 1.82) is 0 Å². The molecule has 4 heterocycles. The molecule has 0 radical (unpaired) electrons. The largest absolute Gasteiger partial charge is 2.00 e. The van der Waals surface area contributed by atoms with Crippen LogP contribution in [0.25, 0.3) is 0 Å². The molecule has 616 valence electrons. The van der Waals surface area contributed by atoms with Gasteiger partial charge in [-0.25, -0.2) is 39.9 Å². The Morgan fingerprint density at radius 3 is 0.942 bits per heavy atom. The van der Waals surface area contributed by atoms with Crippen molar-refractivity contribution >= 4 is 124 Å². The van der Waals surface area contributed by atoms with E-state index < -0.39 is 21.4 Å². The number of ketones is 1. The van der Waals surface area contributed by atoms with Crippen molar-refractivity contribution in [2.45, 2.75) is 87.7 Å². The van der Waals surface area contributed by atoms with Crippen LogP contribution in [0.2, 0.25) is 0 Å². The number of benzene rings is 11. The second kappa shape index (κ2) is 66.9. The Kier molecular flexibility index (Phi) is 61.6. The van der Waals surface area contributed by atoms with Crippen LogP contribution in [0.1, 0.15) is 112 Å². The van der Waals surface area contributed by atoms with E-state index in [4.69, 9.17) is 20.4 Å². The van der Waals surface area contributed by atoms with Crippen molar-refractivity contribution in [3.63, 3.8) is 0 Å². The van der Waals surface area contributed by atoms with E-state index in [0.717, 1.165) is 45.1 Å². The van der Waals surface area contributed by atoms with Gasteiger partial charge in [0.25, 0.3) is 0 Å². The van der Waals surface area contributed by atoms with Gasteiger partial charge in [0.1, 0.15) is 30.9 Å². The number of aliphatic hydroxyl groups is 1. The minimum atomic E-state index is -1.05. The third-order valence-electron chi connectivity index (χ3n) is 16.9. The molecular weight excluding hydrogens is 1830 g/mol. The summed E-state index contributed by atoms with van der Waals surface area (Å²) in [5.41, 5.74) is 12.9. The molecule has 15 aromatic rings. The van der Waals surface area contributed by atoms with Gasteiger partial charge in [-0.1, -0.05) is 328 Å². The molecule has 0 saturated heterocycles. The number of aryl methyl sites for hydroxylation is 6. The van der Waals surface area contributed by atoms with E-state index in [0.29, 0.717) is 23.8 Å². The zero-order chi connectivity index (χ0) is 84.7. The van der Waals surface area contributed by atoms with Crippen LogP contribution >= 0.6 is 63.8 Å². The number of rotatable bonds is 14. The molecule has 121 heavy (non-hydrogen) atoms. The van der Waals surface area contributed by atoms with E-state index in [1.807, 2.05) is 121 Å². The number of halogens is 5. The molecule has 1 atom stereocenters. The van der Waals surface area contributed by atoms with Crippen LogP contribution < -0.4 is 67.7 Å². The average molecular weight is 1930 g/mol. The predicted molar refractivity (Wildman–Crippen MR) is 504 cm³/mol. The third kappa shape index (κ3) is 43.1. The molecule has 11 aromatic carbocycles. The first-order valence-electron chi connectivity index (χ1n) is 37.7.